The van der Waals surface area contributed by atoms with Crippen LogP contribution >= 0.6 is 0 Å². The van der Waals surface area contributed by atoms with Gasteiger partial charge in [-0.15, -0.1) is 0 Å². The number of nitrogens with one attached hydrogen (secondary N) is 1. The number of H-pyrrole nitrogens is 1. The van der Waals surface area contributed by atoms with E-state index in [0.29, 0.717) is 6.54 Å². The summed E-state index contributed by atoms with van der Waals surface area (Å²) < 4.78 is 0. The van der Waals surface area contributed by atoms with Crippen LogP contribution in [0.25, 0.3) is 11.3 Å². The molecule has 0 bridgehead atoms. The van der Waals surface area contributed by atoms with Crippen molar-refractivity contribution in [2.45, 2.75) is 20.4 Å². The van der Waals surface area contributed by atoms with E-state index in [-0.39, 0.29) is 0 Å². The number of hydrogen-bond donors (Lipinski definition) is 2. The lowest BCUT2D eigenvalue weighted by Crippen LogP contribution is -1.95. The fourth-order valence-corrected chi connectivity index (χ4v) is 1.74. The molecule has 0 radical (unpaired) electrons. The van der Waals surface area contributed by atoms with Crippen molar-refractivity contribution < 1.29 is 0 Å². The van der Waals surface area contributed by atoms with Crippen LogP contribution in [0.3, 0.4) is 0 Å². The summed E-state index contributed by atoms with van der Waals surface area (Å²) in [5, 5.41) is 0. The third-order valence-electron chi connectivity index (χ3n) is 2.65. The van der Waals surface area contributed by atoms with Crippen molar-refractivity contribution in [1.82, 2.24) is 4.98 Å². The number of aromatic nitrogens is 1. The van der Waals surface area contributed by atoms with Crippen LogP contribution in [0.15, 0.2) is 30.3 Å². The summed E-state index contributed by atoms with van der Waals surface area (Å²) >= 11 is 0. The maximum Gasteiger partial charge on any atom is 0.0459 e. The second-order valence-electron chi connectivity index (χ2n) is 3.92. The van der Waals surface area contributed by atoms with Gasteiger partial charge in [-0.05, 0) is 37.6 Å². The van der Waals surface area contributed by atoms with Crippen LogP contribution in [0.1, 0.15) is 16.8 Å². The monoisotopic (exact) mass is 200 g/mol. The minimum atomic E-state index is 0.560. The lowest BCUT2D eigenvalue weighted by Gasteiger charge is -2.04. The summed E-state index contributed by atoms with van der Waals surface area (Å²) in [5.41, 5.74) is 11.6. The molecule has 78 valence electrons. The minimum absolute atomic E-state index is 0.560. The van der Waals surface area contributed by atoms with Crippen molar-refractivity contribution in [3.63, 3.8) is 0 Å². The Hall–Kier alpha value is -1.54. The van der Waals surface area contributed by atoms with Crippen LogP contribution in [-0.2, 0) is 6.54 Å². The summed E-state index contributed by atoms with van der Waals surface area (Å²) in [4.78, 5) is 3.32. The molecule has 2 rings (SSSR count). The molecule has 0 aliphatic rings. The van der Waals surface area contributed by atoms with Gasteiger partial charge in [-0.1, -0.05) is 17.7 Å². The molecule has 0 spiro atoms. The average Bonchev–Trinajstić information content (AvgIpc) is 2.70. The van der Waals surface area contributed by atoms with E-state index in [0.717, 1.165) is 11.4 Å². The molecular weight excluding hydrogens is 184 g/mol. The van der Waals surface area contributed by atoms with Crippen molar-refractivity contribution in [2.75, 3.05) is 0 Å². The van der Waals surface area contributed by atoms with Gasteiger partial charge in [0.2, 0.25) is 0 Å². The third kappa shape index (κ3) is 1.95. The van der Waals surface area contributed by atoms with Gasteiger partial charge >= 0.3 is 0 Å². The Labute approximate surface area is 90.1 Å². The fraction of sp³-hybridized carbons (Fsp3) is 0.231. The van der Waals surface area contributed by atoms with Gasteiger partial charge in [0.1, 0.15) is 0 Å². The van der Waals surface area contributed by atoms with E-state index < -0.39 is 0 Å². The highest BCUT2D eigenvalue weighted by Gasteiger charge is 2.04. The van der Waals surface area contributed by atoms with Crippen LogP contribution < -0.4 is 5.73 Å². The van der Waals surface area contributed by atoms with Gasteiger partial charge in [0, 0.05) is 23.5 Å². The molecule has 2 nitrogen and oxygen atoms in total. The Balaban J connectivity index is 2.48. The van der Waals surface area contributed by atoms with Crippen molar-refractivity contribution in [2.24, 2.45) is 5.73 Å². The van der Waals surface area contributed by atoms with E-state index in [4.69, 9.17) is 5.73 Å². The molecular formula is C13H16N2. The molecule has 0 atom stereocenters. The molecule has 2 heteroatoms. The number of benzene rings is 1. The zero-order valence-electron chi connectivity index (χ0n) is 9.17. The summed E-state index contributed by atoms with van der Waals surface area (Å²) in [7, 11) is 0. The third-order valence-corrected chi connectivity index (χ3v) is 2.65. The lowest BCUT2D eigenvalue weighted by atomic mass is 10.0. The molecule has 1 aromatic heterocycles. The topological polar surface area (TPSA) is 41.8 Å². The molecule has 1 heterocycles. The average molecular weight is 200 g/mol. The molecule has 0 saturated carbocycles. The smallest absolute Gasteiger partial charge is 0.0459 e. The summed E-state index contributed by atoms with van der Waals surface area (Å²) in [6.07, 6.45) is 0. The first kappa shape index (κ1) is 9.99. The molecule has 0 saturated heterocycles. The Morgan fingerprint density at radius 1 is 1.13 bits per heavy atom. The van der Waals surface area contributed by atoms with Crippen molar-refractivity contribution in [1.29, 1.82) is 0 Å². The van der Waals surface area contributed by atoms with Gasteiger partial charge in [-0.2, -0.15) is 0 Å². The van der Waals surface area contributed by atoms with Crippen LogP contribution in [0.5, 0.6) is 0 Å². The lowest BCUT2D eigenvalue weighted by molar-refractivity contribution is 1.01. The standard InChI is InChI=1S/C13H16N2/c1-9-3-4-10(2)12(7-9)13-6-5-11(8-14)15-13/h3-7,15H,8,14H2,1-2H3. The Morgan fingerprint density at radius 2 is 1.93 bits per heavy atom. The minimum Gasteiger partial charge on any atom is -0.357 e. The van der Waals surface area contributed by atoms with Crippen LogP contribution in [0, 0.1) is 13.8 Å². The molecule has 3 N–H and O–H groups in total. The van der Waals surface area contributed by atoms with Crippen molar-refractivity contribution >= 4 is 0 Å². The first-order valence-corrected chi connectivity index (χ1v) is 5.16. The molecule has 0 aliphatic heterocycles. The maximum absolute atomic E-state index is 5.58. The predicted molar refractivity (Wildman–Crippen MR) is 63.6 cm³/mol. The highest BCUT2D eigenvalue weighted by Crippen LogP contribution is 2.23. The van der Waals surface area contributed by atoms with E-state index in [1.54, 1.807) is 0 Å². The largest absolute Gasteiger partial charge is 0.357 e. The number of aromatic amines is 1. The Bertz CT molecular complexity index is 469. The predicted octanol–water partition coefficient (Wildman–Crippen LogP) is 2.76. The van der Waals surface area contributed by atoms with E-state index in [2.05, 4.69) is 43.1 Å². The quantitative estimate of drug-likeness (QED) is 0.769. The molecule has 15 heavy (non-hydrogen) atoms. The zero-order valence-corrected chi connectivity index (χ0v) is 9.17. The fourth-order valence-electron chi connectivity index (χ4n) is 1.74. The van der Waals surface area contributed by atoms with E-state index in [9.17, 15) is 0 Å². The highest BCUT2D eigenvalue weighted by molar-refractivity contribution is 5.64. The normalized spacial score (nSPS) is 10.6. The van der Waals surface area contributed by atoms with Gasteiger partial charge < -0.3 is 10.7 Å². The Morgan fingerprint density at radius 3 is 2.60 bits per heavy atom. The molecule has 0 amide bonds. The second kappa shape index (κ2) is 3.91. The van der Waals surface area contributed by atoms with Crippen molar-refractivity contribution in [3.05, 3.63) is 47.2 Å². The molecule has 1 aromatic carbocycles. The molecule has 0 unspecified atom stereocenters. The van der Waals surface area contributed by atoms with Crippen LogP contribution in [0.4, 0.5) is 0 Å². The van der Waals surface area contributed by atoms with E-state index in [1.165, 1.54) is 16.7 Å². The maximum atomic E-state index is 5.58. The SMILES string of the molecule is Cc1ccc(C)c(-c2ccc(CN)[nH]2)c1. The van der Waals surface area contributed by atoms with Crippen molar-refractivity contribution in [3.8, 4) is 11.3 Å². The molecule has 0 fully saturated rings. The van der Waals surface area contributed by atoms with Gasteiger partial charge in [0.15, 0.2) is 0 Å². The Kier molecular flexibility index (Phi) is 2.60. The second-order valence-corrected chi connectivity index (χ2v) is 3.92. The van der Waals surface area contributed by atoms with Gasteiger partial charge in [0.05, 0.1) is 0 Å². The summed E-state index contributed by atoms with van der Waals surface area (Å²) in [5.74, 6) is 0. The van der Waals surface area contributed by atoms with Gasteiger partial charge in [-0.25, -0.2) is 0 Å². The summed E-state index contributed by atoms with van der Waals surface area (Å²) in [6, 6.07) is 10.6. The van der Waals surface area contributed by atoms with E-state index >= 15 is 0 Å². The van der Waals surface area contributed by atoms with Crippen LogP contribution in [0.2, 0.25) is 0 Å². The number of nitrogens with two attached hydrogens (primary N) is 1. The highest BCUT2D eigenvalue weighted by atomic mass is 14.8. The first-order chi connectivity index (χ1) is 7.20. The molecule has 2 aromatic rings. The number of rotatable bonds is 2. The zero-order chi connectivity index (χ0) is 10.8. The van der Waals surface area contributed by atoms with Crippen LogP contribution in [-0.4, -0.2) is 4.98 Å². The summed E-state index contributed by atoms with van der Waals surface area (Å²) in [6.45, 7) is 4.79. The molecule has 0 aliphatic carbocycles. The number of hydrogen-bond acceptors (Lipinski definition) is 1. The van der Waals surface area contributed by atoms with Gasteiger partial charge in [0.25, 0.3) is 0 Å². The van der Waals surface area contributed by atoms with Gasteiger partial charge in [-0.3, -0.25) is 0 Å². The van der Waals surface area contributed by atoms with E-state index in [1.807, 2.05) is 6.07 Å². The number of aryl methyl sites for hydroxylation is 2. The first-order valence-electron chi connectivity index (χ1n) is 5.16.